The summed E-state index contributed by atoms with van der Waals surface area (Å²) in [5.41, 5.74) is 1.85. The molecule has 0 atom stereocenters. The summed E-state index contributed by atoms with van der Waals surface area (Å²) in [4.78, 5) is 28.1. The zero-order valence-electron chi connectivity index (χ0n) is 13.9. The molecule has 23 heavy (non-hydrogen) atoms. The van der Waals surface area contributed by atoms with Gasteiger partial charge in [0.2, 0.25) is 5.91 Å². The fraction of sp³-hybridized carbons (Fsp3) is 0.556. The molecule has 0 unspecified atom stereocenters. The average molecular weight is 316 g/mol. The molecule has 0 spiro atoms. The first-order valence-corrected chi connectivity index (χ1v) is 8.36. The summed E-state index contributed by atoms with van der Waals surface area (Å²) in [6, 6.07) is 6.07. The van der Waals surface area contributed by atoms with Crippen LogP contribution in [0.1, 0.15) is 37.7 Å². The van der Waals surface area contributed by atoms with Crippen molar-refractivity contribution in [2.75, 3.05) is 25.0 Å². The molecule has 0 bridgehead atoms. The van der Waals surface area contributed by atoms with Gasteiger partial charge in [-0.15, -0.1) is 0 Å². The number of anilines is 1. The second-order valence-corrected chi connectivity index (χ2v) is 6.60. The van der Waals surface area contributed by atoms with E-state index in [9.17, 15) is 9.59 Å². The third-order valence-corrected chi connectivity index (χ3v) is 4.84. The Hall–Kier alpha value is -2.04. The van der Waals surface area contributed by atoms with Gasteiger partial charge in [0.05, 0.1) is 12.2 Å². The number of benzene rings is 1. The molecule has 0 radical (unpaired) electrons. The number of rotatable bonds is 3. The second kappa shape index (κ2) is 6.60. The van der Waals surface area contributed by atoms with Crippen molar-refractivity contribution in [2.24, 2.45) is 0 Å². The van der Waals surface area contributed by atoms with Gasteiger partial charge in [0, 0.05) is 13.1 Å². The number of aryl methyl sites for hydroxylation is 1. The summed E-state index contributed by atoms with van der Waals surface area (Å²) in [5, 5.41) is 0. The minimum absolute atomic E-state index is 0.0677. The lowest BCUT2D eigenvalue weighted by atomic mass is 9.94. The average Bonchev–Trinajstić information content (AvgIpc) is 2.54. The Morgan fingerprint density at radius 1 is 1.30 bits per heavy atom. The topological polar surface area (TPSA) is 49.9 Å². The van der Waals surface area contributed by atoms with Crippen LogP contribution in [0.5, 0.6) is 5.75 Å². The molecule has 5 heteroatoms. The minimum Gasteiger partial charge on any atom is -0.423 e. The van der Waals surface area contributed by atoms with Gasteiger partial charge in [0.1, 0.15) is 6.54 Å². The maximum absolute atomic E-state index is 12.6. The molecule has 1 aliphatic carbocycles. The molecule has 0 saturated heterocycles. The van der Waals surface area contributed by atoms with E-state index in [0.29, 0.717) is 11.8 Å². The fourth-order valence-electron chi connectivity index (χ4n) is 3.45. The van der Waals surface area contributed by atoms with Gasteiger partial charge in [0.25, 0.3) is 0 Å². The highest BCUT2D eigenvalue weighted by molar-refractivity contribution is 5.89. The minimum atomic E-state index is -0.309. The van der Waals surface area contributed by atoms with Crippen LogP contribution in [0, 0.1) is 6.92 Å². The van der Waals surface area contributed by atoms with Gasteiger partial charge in [0.15, 0.2) is 5.75 Å². The summed E-state index contributed by atoms with van der Waals surface area (Å²) < 4.78 is 5.30. The second-order valence-electron chi connectivity index (χ2n) is 6.60. The first-order valence-electron chi connectivity index (χ1n) is 8.36. The van der Waals surface area contributed by atoms with E-state index in [2.05, 4.69) is 0 Å². The monoisotopic (exact) mass is 316 g/mol. The number of ether oxygens (including phenoxy) is 1. The van der Waals surface area contributed by atoms with E-state index in [1.807, 2.05) is 42.0 Å². The van der Waals surface area contributed by atoms with Crippen LogP contribution in [0.15, 0.2) is 18.2 Å². The van der Waals surface area contributed by atoms with Gasteiger partial charge < -0.3 is 14.5 Å². The Kier molecular flexibility index (Phi) is 4.55. The quantitative estimate of drug-likeness (QED) is 0.635. The standard InChI is InChI=1S/C18H24N2O3/c1-13-8-9-15-16(10-13)23-18(22)12-20(15)11-17(21)19(2)14-6-4-3-5-7-14/h8-10,14H,3-7,11-12H2,1-2H3. The van der Waals surface area contributed by atoms with E-state index >= 15 is 0 Å². The van der Waals surface area contributed by atoms with Crippen molar-refractivity contribution in [3.05, 3.63) is 23.8 Å². The lowest BCUT2D eigenvalue weighted by Crippen LogP contribution is -2.47. The normalized spacial score (nSPS) is 18.3. The zero-order valence-corrected chi connectivity index (χ0v) is 13.9. The van der Waals surface area contributed by atoms with Crippen molar-refractivity contribution in [1.29, 1.82) is 0 Å². The van der Waals surface area contributed by atoms with Crippen LogP contribution in [0.2, 0.25) is 0 Å². The molecular formula is C18H24N2O3. The summed E-state index contributed by atoms with van der Waals surface area (Å²) >= 11 is 0. The Bertz CT molecular complexity index is 608. The molecule has 0 aromatic heterocycles. The van der Waals surface area contributed by atoms with Crippen molar-refractivity contribution in [3.8, 4) is 5.75 Å². The lowest BCUT2D eigenvalue weighted by Gasteiger charge is -2.34. The maximum Gasteiger partial charge on any atom is 0.331 e. The van der Waals surface area contributed by atoms with Gasteiger partial charge in [-0.3, -0.25) is 4.79 Å². The molecule has 1 saturated carbocycles. The van der Waals surface area contributed by atoms with Crippen molar-refractivity contribution >= 4 is 17.6 Å². The third kappa shape index (κ3) is 3.49. The van der Waals surface area contributed by atoms with Crippen LogP contribution in [-0.4, -0.2) is 43.0 Å². The summed E-state index contributed by atoms with van der Waals surface area (Å²) in [6.45, 7) is 2.30. The highest BCUT2D eigenvalue weighted by Gasteiger charge is 2.28. The molecule has 1 aromatic carbocycles. The van der Waals surface area contributed by atoms with E-state index < -0.39 is 0 Å². The molecular weight excluding hydrogens is 292 g/mol. The van der Waals surface area contributed by atoms with Crippen molar-refractivity contribution in [2.45, 2.75) is 45.1 Å². The van der Waals surface area contributed by atoms with Crippen LogP contribution in [0.4, 0.5) is 5.69 Å². The zero-order chi connectivity index (χ0) is 16.4. The number of nitrogens with zero attached hydrogens (tertiary/aromatic N) is 2. The third-order valence-electron chi connectivity index (χ3n) is 4.84. The number of carbonyl (C=O) groups excluding carboxylic acids is 2. The Morgan fingerprint density at radius 2 is 2.04 bits per heavy atom. The lowest BCUT2D eigenvalue weighted by molar-refractivity contribution is -0.134. The predicted octanol–water partition coefficient (Wildman–Crippen LogP) is 2.51. The molecule has 2 aliphatic rings. The smallest absolute Gasteiger partial charge is 0.331 e. The molecule has 1 heterocycles. The molecule has 1 aliphatic heterocycles. The van der Waals surface area contributed by atoms with E-state index in [-0.39, 0.29) is 25.0 Å². The number of likely N-dealkylation sites (N-methyl/N-ethyl adjacent to an activating group) is 1. The van der Waals surface area contributed by atoms with Gasteiger partial charge in [-0.25, -0.2) is 4.79 Å². The van der Waals surface area contributed by atoms with Gasteiger partial charge in [-0.2, -0.15) is 0 Å². The maximum atomic E-state index is 12.6. The SMILES string of the molecule is Cc1ccc2c(c1)OC(=O)CN2CC(=O)N(C)C1CCCCC1. The van der Waals surface area contributed by atoms with Crippen molar-refractivity contribution < 1.29 is 14.3 Å². The number of carbonyl (C=O) groups is 2. The number of esters is 1. The van der Waals surface area contributed by atoms with Crippen LogP contribution < -0.4 is 9.64 Å². The largest absolute Gasteiger partial charge is 0.423 e. The van der Waals surface area contributed by atoms with Crippen LogP contribution in [0.25, 0.3) is 0 Å². The number of amides is 1. The van der Waals surface area contributed by atoms with Crippen molar-refractivity contribution in [3.63, 3.8) is 0 Å². The highest BCUT2D eigenvalue weighted by Crippen LogP contribution is 2.32. The molecule has 0 N–H and O–H groups in total. The highest BCUT2D eigenvalue weighted by atomic mass is 16.5. The summed E-state index contributed by atoms with van der Waals surface area (Å²) in [7, 11) is 1.89. The first-order chi connectivity index (χ1) is 11.0. The van der Waals surface area contributed by atoms with Crippen LogP contribution in [-0.2, 0) is 9.59 Å². The number of fused-ring (bicyclic) bond motifs is 1. The van der Waals surface area contributed by atoms with E-state index in [1.54, 1.807) is 0 Å². The molecule has 1 fully saturated rings. The van der Waals surface area contributed by atoms with Gasteiger partial charge in [-0.1, -0.05) is 25.3 Å². The van der Waals surface area contributed by atoms with E-state index in [0.717, 1.165) is 24.1 Å². The van der Waals surface area contributed by atoms with Crippen LogP contribution in [0.3, 0.4) is 0 Å². The van der Waals surface area contributed by atoms with Gasteiger partial charge >= 0.3 is 5.97 Å². The summed E-state index contributed by atoms with van der Waals surface area (Å²) in [5.74, 6) is 0.309. The predicted molar refractivity (Wildman–Crippen MR) is 88.7 cm³/mol. The van der Waals surface area contributed by atoms with Gasteiger partial charge in [-0.05, 0) is 37.5 Å². The van der Waals surface area contributed by atoms with E-state index in [4.69, 9.17) is 4.74 Å². The molecule has 3 rings (SSSR count). The van der Waals surface area contributed by atoms with E-state index in [1.165, 1.54) is 19.3 Å². The number of hydrogen-bond acceptors (Lipinski definition) is 4. The molecule has 1 amide bonds. The first kappa shape index (κ1) is 15.8. The molecule has 124 valence electrons. The van der Waals surface area contributed by atoms with Crippen LogP contribution >= 0.6 is 0 Å². The molecule has 1 aromatic rings. The fourth-order valence-corrected chi connectivity index (χ4v) is 3.45. The molecule has 5 nitrogen and oxygen atoms in total. The Balaban J connectivity index is 1.72. The summed E-state index contributed by atoms with van der Waals surface area (Å²) in [6.07, 6.45) is 5.82. The van der Waals surface area contributed by atoms with Crippen molar-refractivity contribution in [1.82, 2.24) is 4.90 Å². The Morgan fingerprint density at radius 3 is 2.78 bits per heavy atom. The Labute approximate surface area is 137 Å². The number of hydrogen-bond donors (Lipinski definition) is 0.